The lowest BCUT2D eigenvalue weighted by atomic mass is 9.87. The van der Waals surface area contributed by atoms with E-state index in [1.807, 2.05) is 0 Å². The van der Waals surface area contributed by atoms with Gasteiger partial charge in [0.25, 0.3) is 0 Å². The molecule has 0 aromatic carbocycles. The largest absolute Gasteiger partial charge is 0.310 e. The summed E-state index contributed by atoms with van der Waals surface area (Å²) in [6, 6.07) is 0. The lowest BCUT2D eigenvalue weighted by molar-refractivity contribution is 0.571. The predicted molar refractivity (Wildman–Crippen MR) is 71.6 cm³/mol. The molecular weight excluding hydrogens is 196 g/mol. The van der Waals surface area contributed by atoms with Crippen LogP contribution in [-0.4, -0.2) is 13.3 Å². The summed E-state index contributed by atoms with van der Waals surface area (Å²) in [5.41, 5.74) is 6.06. The normalized spacial score (nSPS) is 17.4. The fourth-order valence-corrected chi connectivity index (χ4v) is 2.23. The molecule has 1 unspecified atom stereocenters. The summed E-state index contributed by atoms with van der Waals surface area (Å²) >= 11 is 0. The van der Waals surface area contributed by atoms with E-state index < -0.39 is 0 Å². The van der Waals surface area contributed by atoms with Gasteiger partial charge in [-0.1, -0.05) is 43.6 Å². The maximum atomic E-state index is 3.64. The monoisotopic (exact) mass is 220 g/mol. The van der Waals surface area contributed by atoms with Gasteiger partial charge in [0.15, 0.2) is 0 Å². The molecule has 1 N–H and O–H groups in total. The van der Waals surface area contributed by atoms with E-state index in [1.165, 1.54) is 31.3 Å². The molecule has 1 aliphatic carbocycles. The Morgan fingerprint density at radius 1 is 1.44 bits per heavy atom. The molecular formula is C14H24N2. The van der Waals surface area contributed by atoms with Gasteiger partial charge in [-0.05, 0) is 31.6 Å². The van der Waals surface area contributed by atoms with Gasteiger partial charge in [0.1, 0.15) is 0 Å². The zero-order chi connectivity index (χ0) is 11.8. The first kappa shape index (κ1) is 13.0. The van der Waals surface area contributed by atoms with Crippen molar-refractivity contribution in [3.63, 3.8) is 0 Å². The first-order valence-corrected chi connectivity index (χ1v) is 6.35. The van der Waals surface area contributed by atoms with Crippen LogP contribution in [0.3, 0.4) is 0 Å². The number of nitrogens with one attached hydrogen (secondary N) is 1. The highest BCUT2D eigenvalue weighted by molar-refractivity contribution is 5.25. The maximum Gasteiger partial charge on any atom is 0.0366 e. The minimum Gasteiger partial charge on any atom is -0.310 e. The highest BCUT2D eigenvalue weighted by Gasteiger charge is 2.11. The molecule has 0 spiro atoms. The minimum absolute atomic E-state index is 0.760. The van der Waals surface area contributed by atoms with Crippen molar-refractivity contribution in [1.82, 2.24) is 5.43 Å². The van der Waals surface area contributed by atoms with Crippen molar-refractivity contribution in [3.05, 3.63) is 23.3 Å². The molecule has 0 amide bonds. The second-order valence-electron chi connectivity index (χ2n) is 4.57. The molecule has 2 nitrogen and oxygen atoms in total. The van der Waals surface area contributed by atoms with Gasteiger partial charge in [-0.3, -0.25) is 0 Å². The van der Waals surface area contributed by atoms with Crippen LogP contribution >= 0.6 is 0 Å². The zero-order valence-corrected chi connectivity index (χ0v) is 10.6. The van der Waals surface area contributed by atoms with Gasteiger partial charge in [0.05, 0.1) is 0 Å². The Hall–Kier alpha value is -1.05. The van der Waals surface area contributed by atoms with E-state index in [-0.39, 0.29) is 0 Å². The molecule has 0 aromatic heterocycles. The average Bonchev–Trinajstić information content (AvgIpc) is 2.30. The fraction of sp³-hybridized carbons (Fsp3) is 0.643. The zero-order valence-electron chi connectivity index (χ0n) is 10.6. The van der Waals surface area contributed by atoms with Gasteiger partial charge < -0.3 is 5.43 Å². The smallest absolute Gasteiger partial charge is 0.0366 e. The molecule has 0 saturated carbocycles. The van der Waals surface area contributed by atoms with E-state index in [2.05, 4.69) is 43.2 Å². The first-order chi connectivity index (χ1) is 7.77. The topological polar surface area (TPSA) is 24.4 Å². The molecule has 16 heavy (non-hydrogen) atoms. The molecule has 0 aliphatic heterocycles. The Kier molecular flexibility index (Phi) is 5.91. The Morgan fingerprint density at radius 3 is 2.81 bits per heavy atom. The van der Waals surface area contributed by atoms with Gasteiger partial charge in [0.2, 0.25) is 0 Å². The molecule has 0 saturated heterocycles. The van der Waals surface area contributed by atoms with Crippen LogP contribution in [0.2, 0.25) is 0 Å². The lowest BCUT2D eigenvalue weighted by Gasteiger charge is -2.19. The van der Waals surface area contributed by atoms with Crippen LogP contribution in [0.15, 0.2) is 28.4 Å². The van der Waals surface area contributed by atoms with Crippen LogP contribution in [0.5, 0.6) is 0 Å². The van der Waals surface area contributed by atoms with Crippen molar-refractivity contribution in [2.45, 2.75) is 46.0 Å². The Labute approximate surface area is 99.5 Å². The molecule has 0 bridgehead atoms. The van der Waals surface area contributed by atoms with Crippen LogP contribution < -0.4 is 5.43 Å². The lowest BCUT2D eigenvalue weighted by Crippen LogP contribution is -2.09. The maximum absolute atomic E-state index is 3.64. The van der Waals surface area contributed by atoms with Crippen LogP contribution in [0.1, 0.15) is 46.0 Å². The van der Waals surface area contributed by atoms with E-state index in [0.29, 0.717) is 0 Å². The summed E-state index contributed by atoms with van der Waals surface area (Å²) in [6.45, 7) is 8.92. The van der Waals surface area contributed by atoms with Crippen LogP contribution in [0, 0.1) is 5.92 Å². The van der Waals surface area contributed by atoms with Crippen molar-refractivity contribution in [2.24, 2.45) is 11.0 Å². The molecule has 1 rings (SSSR count). The predicted octanol–water partition coefficient (Wildman–Crippen LogP) is 3.66. The van der Waals surface area contributed by atoms with Crippen LogP contribution in [0.25, 0.3) is 0 Å². The summed E-state index contributed by atoms with van der Waals surface area (Å²) < 4.78 is 0. The number of nitrogens with zero attached hydrogens (tertiary/aromatic N) is 1. The molecule has 2 heteroatoms. The standard InChI is InChI=1S/C14H24N2/c1-4-5-12(2)14-8-6-13(7-9-14)10-11-16-15-3/h6,8,12,16H,3-5,7,9-11H2,1-2H3. The van der Waals surface area contributed by atoms with E-state index in [4.69, 9.17) is 0 Å². The molecule has 1 atom stereocenters. The van der Waals surface area contributed by atoms with Crippen molar-refractivity contribution < 1.29 is 0 Å². The summed E-state index contributed by atoms with van der Waals surface area (Å²) in [4.78, 5) is 0. The Balaban J connectivity index is 2.40. The average molecular weight is 220 g/mol. The SMILES string of the molecule is C=NNCCC1=CC=C(C(C)CCC)CC1. The van der Waals surface area contributed by atoms with Gasteiger partial charge in [-0.2, -0.15) is 5.10 Å². The highest BCUT2D eigenvalue weighted by Crippen LogP contribution is 2.27. The van der Waals surface area contributed by atoms with Gasteiger partial charge in [-0.25, -0.2) is 0 Å². The van der Waals surface area contributed by atoms with Crippen LogP contribution in [-0.2, 0) is 0 Å². The second kappa shape index (κ2) is 7.26. The quantitative estimate of drug-likeness (QED) is 0.395. The summed E-state index contributed by atoms with van der Waals surface area (Å²) in [6.07, 6.45) is 10.8. The molecule has 0 fully saturated rings. The highest BCUT2D eigenvalue weighted by atomic mass is 15.3. The summed E-state index contributed by atoms with van der Waals surface area (Å²) in [7, 11) is 0. The van der Waals surface area contributed by atoms with E-state index in [0.717, 1.165) is 18.9 Å². The number of allylic oxidation sites excluding steroid dienone is 3. The molecule has 0 aromatic rings. The molecule has 0 radical (unpaired) electrons. The molecule has 90 valence electrons. The van der Waals surface area contributed by atoms with Crippen LogP contribution in [0.4, 0.5) is 0 Å². The fourth-order valence-electron chi connectivity index (χ4n) is 2.23. The number of hydrogen-bond acceptors (Lipinski definition) is 2. The van der Waals surface area contributed by atoms with Gasteiger partial charge in [0, 0.05) is 13.3 Å². The van der Waals surface area contributed by atoms with Crippen molar-refractivity contribution >= 4 is 6.72 Å². The Bertz CT molecular complexity index is 276. The summed E-state index contributed by atoms with van der Waals surface area (Å²) in [5, 5.41) is 3.64. The summed E-state index contributed by atoms with van der Waals surface area (Å²) in [5.74, 6) is 0.760. The molecule has 0 heterocycles. The second-order valence-corrected chi connectivity index (χ2v) is 4.57. The van der Waals surface area contributed by atoms with E-state index in [9.17, 15) is 0 Å². The van der Waals surface area contributed by atoms with Crippen molar-refractivity contribution in [2.75, 3.05) is 6.54 Å². The van der Waals surface area contributed by atoms with Crippen molar-refractivity contribution in [3.8, 4) is 0 Å². The van der Waals surface area contributed by atoms with E-state index >= 15 is 0 Å². The Morgan fingerprint density at radius 2 is 2.25 bits per heavy atom. The number of rotatable bonds is 7. The number of hydrogen-bond donors (Lipinski definition) is 1. The van der Waals surface area contributed by atoms with Gasteiger partial charge in [-0.15, -0.1) is 0 Å². The third-order valence-electron chi connectivity index (χ3n) is 3.29. The number of hydrazone groups is 1. The molecule has 1 aliphatic rings. The first-order valence-electron chi connectivity index (χ1n) is 6.35. The van der Waals surface area contributed by atoms with Gasteiger partial charge >= 0.3 is 0 Å². The van der Waals surface area contributed by atoms with Crippen molar-refractivity contribution in [1.29, 1.82) is 0 Å². The van der Waals surface area contributed by atoms with E-state index in [1.54, 1.807) is 5.57 Å². The minimum atomic E-state index is 0.760. The third-order valence-corrected chi connectivity index (χ3v) is 3.29. The third kappa shape index (κ3) is 4.21.